The fraction of sp³-hybridized carbons (Fsp3) is 0.483. The van der Waals surface area contributed by atoms with Gasteiger partial charge in [0.1, 0.15) is 6.04 Å². The molecule has 0 spiro atoms. The van der Waals surface area contributed by atoms with Crippen LogP contribution in [0.3, 0.4) is 0 Å². The van der Waals surface area contributed by atoms with E-state index in [9.17, 15) is 27.6 Å². The van der Waals surface area contributed by atoms with E-state index in [0.29, 0.717) is 28.5 Å². The lowest BCUT2D eigenvalue weighted by molar-refractivity contribution is -0.124. The van der Waals surface area contributed by atoms with Gasteiger partial charge in [0, 0.05) is 39.6 Å². The van der Waals surface area contributed by atoms with Gasteiger partial charge in [-0.25, -0.2) is 18.0 Å². The molecule has 0 bridgehead atoms. The first-order valence-electron chi connectivity index (χ1n) is 13.3. The number of nitrogens with one attached hydrogen (secondary N) is 3. The van der Waals surface area contributed by atoms with E-state index in [1.165, 1.54) is 24.9 Å². The predicted molar refractivity (Wildman–Crippen MR) is 156 cm³/mol. The molecule has 2 aromatic rings. The van der Waals surface area contributed by atoms with Gasteiger partial charge < -0.3 is 20.7 Å². The van der Waals surface area contributed by atoms with E-state index >= 15 is 0 Å². The van der Waals surface area contributed by atoms with Gasteiger partial charge in [-0.1, -0.05) is 45.7 Å². The van der Waals surface area contributed by atoms with Crippen molar-refractivity contribution in [2.75, 3.05) is 12.4 Å². The van der Waals surface area contributed by atoms with Crippen molar-refractivity contribution >= 4 is 47.0 Å². The van der Waals surface area contributed by atoms with Crippen LogP contribution in [0.2, 0.25) is 5.02 Å². The van der Waals surface area contributed by atoms with E-state index in [-0.39, 0.29) is 40.3 Å². The van der Waals surface area contributed by atoms with E-state index in [1.807, 2.05) is 27.7 Å². The Hall–Kier alpha value is -2.92. The molecule has 0 heterocycles. The zero-order chi connectivity index (χ0) is 30.9. The van der Waals surface area contributed by atoms with Gasteiger partial charge >= 0.3 is 6.09 Å². The summed E-state index contributed by atoms with van der Waals surface area (Å²) >= 11 is 7.92. The molecule has 0 aliphatic heterocycles. The second-order valence-corrected chi connectivity index (χ2v) is 12.1. The van der Waals surface area contributed by atoms with Gasteiger partial charge in [-0.3, -0.25) is 9.59 Å². The topological polar surface area (TPSA) is 96.5 Å². The Kier molecular flexibility index (Phi) is 13.3. The predicted octanol–water partition coefficient (Wildman–Crippen LogP) is 7.18. The highest BCUT2D eigenvalue weighted by molar-refractivity contribution is 8.00. The molecule has 0 aliphatic rings. The van der Waals surface area contributed by atoms with Crippen molar-refractivity contribution in [1.29, 1.82) is 0 Å². The summed E-state index contributed by atoms with van der Waals surface area (Å²) in [7, 11) is 1.24. The molecular weight excluding hydrogens is 579 g/mol. The number of hydrogen-bond acceptors (Lipinski definition) is 5. The third-order valence-corrected chi connectivity index (χ3v) is 8.31. The Morgan fingerprint density at radius 1 is 1.00 bits per heavy atom. The molecule has 41 heavy (non-hydrogen) atoms. The molecule has 0 saturated carbocycles. The standard InChI is InChI=1S/C29H37ClF3N3O4S/c1-7-8-18(11-16(4)34-28(38)26(15(2)3)36-29(39)40-6)17(5)41-24-12-19(9-10-21(24)30)27(37)35-20-13-22(31)25(33)23(32)14-20/h9-10,12-18,26H,7-8,11H2,1-6H3,(H,34,38)(H,35,37)(H,36,39). The van der Waals surface area contributed by atoms with Gasteiger partial charge in [-0.2, -0.15) is 0 Å². The highest BCUT2D eigenvalue weighted by Gasteiger charge is 2.28. The summed E-state index contributed by atoms with van der Waals surface area (Å²) in [6, 6.07) is 5.12. The van der Waals surface area contributed by atoms with Crippen molar-refractivity contribution in [1.82, 2.24) is 10.6 Å². The van der Waals surface area contributed by atoms with Crippen molar-refractivity contribution in [3.63, 3.8) is 0 Å². The number of methoxy groups -OCH3 is 1. The average molecular weight is 616 g/mol. The second-order valence-electron chi connectivity index (χ2n) is 10.2. The van der Waals surface area contributed by atoms with Crippen LogP contribution in [0.4, 0.5) is 23.7 Å². The number of carbonyl (C=O) groups excluding carboxylic acids is 3. The lowest BCUT2D eigenvalue weighted by Gasteiger charge is -2.29. The van der Waals surface area contributed by atoms with Crippen LogP contribution in [0.25, 0.3) is 0 Å². The summed E-state index contributed by atoms with van der Waals surface area (Å²) in [4.78, 5) is 38.0. The molecule has 4 unspecified atom stereocenters. The monoisotopic (exact) mass is 615 g/mol. The number of thioether (sulfide) groups is 1. The summed E-state index contributed by atoms with van der Waals surface area (Å²) in [5.74, 6) is -5.34. The minimum atomic E-state index is -1.62. The van der Waals surface area contributed by atoms with Gasteiger partial charge in [0.15, 0.2) is 17.5 Å². The third-order valence-electron chi connectivity index (χ3n) is 6.52. The van der Waals surface area contributed by atoms with E-state index in [2.05, 4.69) is 27.6 Å². The quantitative estimate of drug-likeness (QED) is 0.164. The maximum absolute atomic E-state index is 13.6. The number of ether oxygens (including phenoxy) is 1. The van der Waals surface area contributed by atoms with Crippen molar-refractivity contribution < 1.29 is 32.3 Å². The number of hydrogen-bond donors (Lipinski definition) is 3. The molecule has 4 atom stereocenters. The molecule has 2 aromatic carbocycles. The van der Waals surface area contributed by atoms with Gasteiger partial charge in [0.2, 0.25) is 5.91 Å². The smallest absolute Gasteiger partial charge is 0.407 e. The highest BCUT2D eigenvalue weighted by Crippen LogP contribution is 2.37. The van der Waals surface area contributed by atoms with E-state index in [1.54, 1.807) is 12.1 Å². The first-order valence-corrected chi connectivity index (χ1v) is 14.6. The largest absolute Gasteiger partial charge is 0.453 e. The summed E-state index contributed by atoms with van der Waals surface area (Å²) in [6.45, 7) is 9.69. The molecular formula is C29H37ClF3N3O4S. The van der Waals surface area contributed by atoms with Gasteiger partial charge in [-0.05, 0) is 49.8 Å². The van der Waals surface area contributed by atoms with Crippen molar-refractivity contribution in [2.45, 2.75) is 76.1 Å². The molecule has 7 nitrogen and oxygen atoms in total. The third kappa shape index (κ3) is 10.1. The Balaban J connectivity index is 2.11. The van der Waals surface area contributed by atoms with E-state index in [4.69, 9.17) is 11.6 Å². The number of amides is 3. The molecule has 3 N–H and O–H groups in total. The lowest BCUT2D eigenvalue weighted by atomic mass is 9.92. The zero-order valence-corrected chi connectivity index (χ0v) is 25.5. The Morgan fingerprint density at radius 2 is 1.63 bits per heavy atom. The molecule has 0 radical (unpaired) electrons. The lowest BCUT2D eigenvalue weighted by Crippen LogP contribution is -2.52. The number of halogens is 4. The Bertz CT molecular complexity index is 1210. The molecule has 2 rings (SSSR count). The van der Waals surface area contributed by atoms with Crippen LogP contribution in [-0.2, 0) is 9.53 Å². The molecule has 3 amide bonds. The molecule has 0 fully saturated rings. The van der Waals surface area contributed by atoms with Gasteiger partial charge in [0.25, 0.3) is 5.91 Å². The first-order chi connectivity index (χ1) is 19.3. The second kappa shape index (κ2) is 15.9. The normalized spacial score (nSPS) is 14.1. The van der Waals surface area contributed by atoms with Crippen LogP contribution >= 0.6 is 23.4 Å². The molecule has 0 aromatic heterocycles. The Morgan fingerprint density at radius 3 is 2.20 bits per heavy atom. The fourth-order valence-corrected chi connectivity index (χ4v) is 5.81. The number of carbonyl (C=O) groups is 3. The summed E-state index contributed by atoms with van der Waals surface area (Å²) in [5, 5.41) is 8.41. The number of rotatable bonds is 13. The summed E-state index contributed by atoms with van der Waals surface area (Å²) in [5.41, 5.74) is -0.01000. The summed E-state index contributed by atoms with van der Waals surface area (Å²) < 4.78 is 45.0. The van der Waals surface area contributed by atoms with Crippen LogP contribution in [0.15, 0.2) is 35.2 Å². The zero-order valence-electron chi connectivity index (χ0n) is 23.9. The molecule has 0 saturated heterocycles. The number of alkyl carbamates (subject to hydrolysis) is 1. The van der Waals surface area contributed by atoms with Gasteiger partial charge in [0.05, 0.1) is 12.1 Å². The maximum Gasteiger partial charge on any atom is 0.407 e. The minimum absolute atomic E-state index is 0.0412. The maximum atomic E-state index is 13.6. The SMILES string of the molecule is CCCC(CC(C)NC(=O)C(NC(=O)OC)C(C)C)C(C)Sc1cc(C(=O)Nc2cc(F)c(F)c(F)c2)ccc1Cl. The Labute approximate surface area is 248 Å². The van der Waals surface area contributed by atoms with Gasteiger partial charge in [-0.15, -0.1) is 11.8 Å². The van der Waals surface area contributed by atoms with Crippen LogP contribution < -0.4 is 16.0 Å². The van der Waals surface area contributed by atoms with E-state index in [0.717, 1.165) is 12.8 Å². The highest BCUT2D eigenvalue weighted by atomic mass is 35.5. The van der Waals surface area contributed by atoms with Crippen LogP contribution in [0.1, 0.15) is 64.2 Å². The minimum Gasteiger partial charge on any atom is -0.453 e. The van der Waals surface area contributed by atoms with E-state index < -0.39 is 35.5 Å². The summed E-state index contributed by atoms with van der Waals surface area (Å²) in [6.07, 6.45) is 1.78. The fourth-order valence-electron chi connectivity index (χ4n) is 4.34. The van der Waals surface area contributed by atoms with Crippen LogP contribution in [0, 0.1) is 29.3 Å². The average Bonchev–Trinajstić information content (AvgIpc) is 2.90. The number of benzene rings is 2. The van der Waals surface area contributed by atoms with Crippen LogP contribution in [-0.4, -0.2) is 42.4 Å². The van der Waals surface area contributed by atoms with Crippen molar-refractivity contribution in [2.24, 2.45) is 11.8 Å². The number of anilines is 1. The molecule has 226 valence electrons. The molecule has 12 heteroatoms. The van der Waals surface area contributed by atoms with Crippen molar-refractivity contribution in [3.05, 3.63) is 58.4 Å². The van der Waals surface area contributed by atoms with Crippen LogP contribution in [0.5, 0.6) is 0 Å². The van der Waals surface area contributed by atoms with Crippen molar-refractivity contribution in [3.8, 4) is 0 Å². The molecule has 0 aliphatic carbocycles. The first kappa shape index (κ1) is 34.3.